The van der Waals surface area contributed by atoms with E-state index in [4.69, 9.17) is 10.5 Å². The molecule has 0 saturated heterocycles. The highest BCUT2D eigenvalue weighted by atomic mass is 16.6. The molecule has 0 aliphatic carbocycles. The summed E-state index contributed by atoms with van der Waals surface area (Å²) >= 11 is 0. The molecule has 0 radical (unpaired) electrons. The van der Waals surface area contributed by atoms with Crippen molar-refractivity contribution in [3.8, 4) is 0 Å². The zero-order chi connectivity index (χ0) is 18.0. The molecule has 25 heavy (non-hydrogen) atoms. The van der Waals surface area contributed by atoms with Gasteiger partial charge in [-0.3, -0.25) is 4.79 Å². The summed E-state index contributed by atoms with van der Waals surface area (Å²) in [5.41, 5.74) is 8.84. The molecule has 4 heteroatoms. The molecular formula is C21H24N2O2. The first-order valence-electron chi connectivity index (χ1n) is 8.46. The van der Waals surface area contributed by atoms with Crippen molar-refractivity contribution in [1.29, 1.82) is 0 Å². The van der Waals surface area contributed by atoms with Crippen LogP contribution in [0.4, 0.5) is 0 Å². The fourth-order valence-corrected chi connectivity index (χ4v) is 3.10. The number of hydrogen-bond donors (Lipinski definition) is 2. The summed E-state index contributed by atoms with van der Waals surface area (Å²) in [6.45, 7) is 5.54. The molecule has 0 bridgehead atoms. The molecule has 0 amide bonds. The van der Waals surface area contributed by atoms with Gasteiger partial charge >= 0.3 is 5.97 Å². The summed E-state index contributed by atoms with van der Waals surface area (Å²) in [7, 11) is 0. The average Bonchev–Trinajstić information content (AvgIpc) is 2.98. The number of benzene rings is 2. The Balaban J connectivity index is 2.06. The molecule has 0 unspecified atom stereocenters. The second kappa shape index (κ2) is 6.73. The molecule has 0 aliphatic heterocycles. The van der Waals surface area contributed by atoms with Crippen LogP contribution in [0.2, 0.25) is 0 Å². The molecule has 3 N–H and O–H groups in total. The molecule has 0 fully saturated rings. The molecule has 1 aromatic heterocycles. The molecule has 2 aromatic carbocycles. The molecule has 3 rings (SSSR count). The number of aromatic nitrogens is 1. The Labute approximate surface area is 148 Å². The maximum atomic E-state index is 12.6. The van der Waals surface area contributed by atoms with Gasteiger partial charge in [0.25, 0.3) is 0 Å². The van der Waals surface area contributed by atoms with Crippen LogP contribution in [0.5, 0.6) is 0 Å². The quantitative estimate of drug-likeness (QED) is 0.708. The van der Waals surface area contributed by atoms with E-state index in [9.17, 15) is 4.79 Å². The second-order valence-corrected chi connectivity index (χ2v) is 7.24. The van der Waals surface area contributed by atoms with Crippen LogP contribution in [0.25, 0.3) is 10.9 Å². The molecule has 3 aromatic rings. The van der Waals surface area contributed by atoms with Crippen molar-refractivity contribution in [2.24, 2.45) is 5.73 Å². The SMILES string of the molecule is CC(C)(C)OC(=O)[C@@H](N)[C@H](c1ccccc1)c1c[nH]c2ccccc12. The molecule has 4 nitrogen and oxygen atoms in total. The van der Waals surface area contributed by atoms with Gasteiger partial charge in [0.1, 0.15) is 11.6 Å². The van der Waals surface area contributed by atoms with Crippen LogP contribution in [0.1, 0.15) is 37.8 Å². The second-order valence-electron chi connectivity index (χ2n) is 7.24. The first kappa shape index (κ1) is 17.2. The molecule has 0 saturated carbocycles. The standard InChI is InChI=1S/C21H24N2O2/c1-21(2,3)25-20(24)19(22)18(14-9-5-4-6-10-14)16-13-23-17-12-8-7-11-15(16)17/h4-13,18-19,23H,22H2,1-3H3/t18-,19+/m1/s1. The van der Waals surface area contributed by atoms with Gasteiger partial charge < -0.3 is 15.5 Å². The van der Waals surface area contributed by atoms with E-state index in [-0.39, 0.29) is 5.92 Å². The zero-order valence-corrected chi connectivity index (χ0v) is 14.8. The number of nitrogens with one attached hydrogen (secondary N) is 1. The number of ether oxygens (including phenoxy) is 1. The zero-order valence-electron chi connectivity index (χ0n) is 14.8. The monoisotopic (exact) mass is 336 g/mol. The number of para-hydroxylation sites is 1. The van der Waals surface area contributed by atoms with Gasteiger partial charge in [0.05, 0.1) is 0 Å². The van der Waals surface area contributed by atoms with E-state index >= 15 is 0 Å². The van der Waals surface area contributed by atoms with Crippen LogP contribution in [0, 0.1) is 0 Å². The van der Waals surface area contributed by atoms with Crippen LogP contribution in [-0.2, 0) is 9.53 Å². The van der Waals surface area contributed by atoms with Crippen LogP contribution >= 0.6 is 0 Å². The van der Waals surface area contributed by atoms with Crippen molar-refractivity contribution < 1.29 is 9.53 Å². The van der Waals surface area contributed by atoms with E-state index in [1.165, 1.54) is 0 Å². The summed E-state index contributed by atoms with van der Waals surface area (Å²) in [6.07, 6.45) is 1.94. The Hall–Kier alpha value is -2.59. The number of fused-ring (bicyclic) bond motifs is 1. The molecule has 1 heterocycles. The number of nitrogens with two attached hydrogens (primary N) is 1. The average molecular weight is 336 g/mol. The first-order valence-corrected chi connectivity index (χ1v) is 8.46. The van der Waals surface area contributed by atoms with Gasteiger partial charge in [-0.25, -0.2) is 0 Å². The lowest BCUT2D eigenvalue weighted by Gasteiger charge is -2.27. The summed E-state index contributed by atoms with van der Waals surface area (Å²) in [5, 5.41) is 1.07. The number of carbonyl (C=O) groups is 1. The highest BCUT2D eigenvalue weighted by Gasteiger charge is 2.32. The smallest absolute Gasteiger partial charge is 0.324 e. The van der Waals surface area contributed by atoms with Gasteiger partial charge in [0.2, 0.25) is 0 Å². The number of hydrogen-bond acceptors (Lipinski definition) is 3. The van der Waals surface area contributed by atoms with Gasteiger partial charge in [0.15, 0.2) is 0 Å². The van der Waals surface area contributed by atoms with Crippen molar-refractivity contribution in [2.75, 3.05) is 0 Å². The number of carbonyl (C=O) groups excluding carboxylic acids is 1. The van der Waals surface area contributed by atoms with Crippen LogP contribution in [0.15, 0.2) is 60.8 Å². The summed E-state index contributed by atoms with van der Waals surface area (Å²) < 4.78 is 5.54. The minimum absolute atomic E-state index is 0.285. The third-order valence-electron chi connectivity index (χ3n) is 4.15. The van der Waals surface area contributed by atoms with Crippen molar-refractivity contribution >= 4 is 16.9 Å². The Bertz CT molecular complexity index is 862. The van der Waals surface area contributed by atoms with Crippen molar-refractivity contribution in [3.05, 3.63) is 71.9 Å². The van der Waals surface area contributed by atoms with E-state index in [1.54, 1.807) is 0 Å². The Kier molecular flexibility index (Phi) is 4.64. The van der Waals surface area contributed by atoms with Gasteiger partial charge in [-0.05, 0) is 38.0 Å². The van der Waals surface area contributed by atoms with Crippen molar-refractivity contribution in [1.82, 2.24) is 4.98 Å². The van der Waals surface area contributed by atoms with E-state index in [1.807, 2.05) is 81.6 Å². The van der Waals surface area contributed by atoms with E-state index in [0.717, 1.165) is 22.0 Å². The van der Waals surface area contributed by atoms with Gasteiger partial charge in [-0.1, -0.05) is 48.5 Å². The van der Waals surface area contributed by atoms with Crippen molar-refractivity contribution in [3.63, 3.8) is 0 Å². The first-order chi connectivity index (χ1) is 11.9. The minimum atomic E-state index is -0.791. The highest BCUT2D eigenvalue weighted by molar-refractivity contribution is 5.86. The fourth-order valence-electron chi connectivity index (χ4n) is 3.10. The number of rotatable bonds is 4. The lowest BCUT2D eigenvalue weighted by molar-refractivity contribution is -0.156. The Morgan fingerprint density at radius 2 is 1.68 bits per heavy atom. The van der Waals surface area contributed by atoms with Gasteiger partial charge in [-0.15, -0.1) is 0 Å². The topological polar surface area (TPSA) is 68.1 Å². The molecule has 0 aliphatic rings. The largest absolute Gasteiger partial charge is 0.459 e. The molecule has 0 spiro atoms. The fraction of sp³-hybridized carbons (Fsp3) is 0.286. The molecule has 2 atom stereocenters. The lowest BCUT2D eigenvalue weighted by atomic mass is 9.85. The van der Waals surface area contributed by atoms with E-state index in [0.29, 0.717) is 0 Å². The third kappa shape index (κ3) is 3.74. The van der Waals surface area contributed by atoms with Crippen molar-refractivity contribution in [2.45, 2.75) is 38.3 Å². The number of esters is 1. The summed E-state index contributed by atoms with van der Waals surface area (Å²) in [6, 6.07) is 17.1. The van der Waals surface area contributed by atoms with Crippen LogP contribution < -0.4 is 5.73 Å². The molecule has 130 valence electrons. The maximum Gasteiger partial charge on any atom is 0.324 e. The van der Waals surface area contributed by atoms with E-state index in [2.05, 4.69) is 4.98 Å². The van der Waals surface area contributed by atoms with Crippen LogP contribution in [-0.4, -0.2) is 22.6 Å². The highest BCUT2D eigenvalue weighted by Crippen LogP contribution is 2.33. The third-order valence-corrected chi connectivity index (χ3v) is 4.15. The summed E-state index contributed by atoms with van der Waals surface area (Å²) in [5.74, 6) is -0.682. The normalized spacial score (nSPS) is 14.2. The van der Waals surface area contributed by atoms with Gasteiger partial charge in [0, 0.05) is 23.0 Å². The van der Waals surface area contributed by atoms with E-state index < -0.39 is 17.6 Å². The predicted molar refractivity (Wildman–Crippen MR) is 100 cm³/mol. The molecular weight excluding hydrogens is 312 g/mol. The Morgan fingerprint density at radius 3 is 2.36 bits per heavy atom. The lowest BCUT2D eigenvalue weighted by Crippen LogP contribution is -2.42. The number of H-pyrrole nitrogens is 1. The van der Waals surface area contributed by atoms with Gasteiger partial charge in [-0.2, -0.15) is 0 Å². The number of aromatic amines is 1. The van der Waals surface area contributed by atoms with Crippen LogP contribution in [0.3, 0.4) is 0 Å². The maximum absolute atomic E-state index is 12.6. The Morgan fingerprint density at radius 1 is 1.04 bits per heavy atom. The predicted octanol–water partition coefficient (Wildman–Crippen LogP) is 3.97. The summed E-state index contributed by atoms with van der Waals surface area (Å²) in [4.78, 5) is 15.9. The minimum Gasteiger partial charge on any atom is -0.459 e.